The molecule has 0 unspecified atom stereocenters. The fraction of sp³-hybridized carbons (Fsp3) is 0.900. The number of hydrogen-bond donors (Lipinski definition) is 1. The zero-order chi connectivity index (χ0) is 9.56. The van der Waals surface area contributed by atoms with Crippen LogP contribution in [0, 0.1) is 11.8 Å². The number of carbonyl (C=O) groups is 1. The standard InChI is InChI=1S/C10H20O2/c1-4-5-6-9(7-11)10(12)8(2)3/h7-10,12H,4-6H2,1-3H3/t9-,10-/m1/s1. The molecule has 0 heterocycles. The van der Waals surface area contributed by atoms with Gasteiger partial charge in [-0.05, 0) is 12.3 Å². The van der Waals surface area contributed by atoms with Gasteiger partial charge in [0.25, 0.3) is 0 Å². The molecule has 0 aromatic heterocycles. The molecule has 0 aliphatic carbocycles. The maximum atomic E-state index is 10.6. The Morgan fingerprint density at radius 3 is 2.33 bits per heavy atom. The van der Waals surface area contributed by atoms with Crippen LogP contribution in [0.5, 0.6) is 0 Å². The largest absolute Gasteiger partial charge is 0.392 e. The number of rotatable bonds is 6. The summed E-state index contributed by atoms with van der Waals surface area (Å²) in [5.74, 6) is 0.0157. The lowest BCUT2D eigenvalue weighted by molar-refractivity contribution is -0.115. The van der Waals surface area contributed by atoms with Gasteiger partial charge in [0.15, 0.2) is 0 Å². The van der Waals surface area contributed by atoms with Gasteiger partial charge in [-0.25, -0.2) is 0 Å². The normalized spacial score (nSPS) is 16.1. The molecule has 0 rings (SSSR count). The van der Waals surface area contributed by atoms with Crippen LogP contribution in [0.1, 0.15) is 40.0 Å². The highest BCUT2D eigenvalue weighted by Gasteiger charge is 2.20. The van der Waals surface area contributed by atoms with Crippen molar-refractivity contribution in [2.75, 3.05) is 0 Å². The van der Waals surface area contributed by atoms with Crippen LogP contribution in [0.25, 0.3) is 0 Å². The molecule has 12 heavy (non-hydrogen) atoms. The molecular formula is C10H20O2. The number of hydrogen-bond acceptors (Lipinski definition) is 2. The first-order valence-corrected chi connectivity index (χ1v) is 4.76. The first-order chi connectivity index (χ1) is 5.63. The lowest BCUT2D eigenvalue weighted by Gasteiger charge is -2.20. The van der Waals surface area contributed by atoms with Crippen molar-refractivity contribution in [3.8, 4) is 0 Å². The second kappa shape index (κ2) is 6.18. The first kappa shape index (κ1) is 11.6. The molecule has 0 fully saturated rings. The summed E-state index contributed by atoms with van der Waals surface area (Å²) in [6.07, 6.45) is 3.34. The minimum atomic E-state index is -0.464. The van der Waals surface area contributed by atoms with E-state index in [-0.39, 0.29) is 11.8 Å². The van der Waals surface area contributed by atoms with E-state index in [1.165, 1.54) is 0 Å². The number of unbranched alkanes of at least 4 members (excludes halogenated alkanes) is 1. The number of aldehydes is 1. The van der Waals surface area contributed by atoms with E-state index in [9.17, 15) is 9.90 Å². The summed E-state index contributed by atoms with van der Waals surface area (Å²) in [5.41, 5.74) is 0. The molecule has 2 heteroatoms. The van der Waals surface area contributed by atoms with E-state index in [2.05, 4.69) is 6.92 Å². The molecule has 0 aliphatic rings. The van der Waals surface area contributed by atoms with Crippen molar-refractivity contribution < 1.29 is 9.90 Å². The quantitative estimate of drug-likeness (QED) is 0.622. The van der Waals surface area contributed by atoms with Gasteiger partial charge in [0.2, 0.25) is 0 Å². The first-order valence-electron chi connectivity index (χ1n) is 4.76. The summed E-state index contributed by atoms with van der Waals surface area (Å²) in [4.78, 5) is 10.6. The van der Waals surface area contributed by atoms with Gasteiger partial charge >= 0.3 is 0 Å². The van der Waals surface area contributed by atoms with E-state index in [4.69, 9.17) is 0 Å². The highest BCUT2D eigenvalue weighted by molar-refractivity contribution is 5.54. The van der Waals surface area contributed by atoms with Crippen molar-refractivity contribution >= 4 is 6.29 Å². The fourth-order valence-electron chi connectivity index (χ4n) is 1.25. The van der Waals surface area contributed by atoms with Crippen molar-refractivity contribution in [3.63, 3.8) is 0 Å². The minimum Gasteiger partial charge on any atom is -0.392 e. The Balaban J connectivity index is 3.87. The van der Waals surface area contributed by atoms with Crippen LogP contribution in [-0.4, -0.2) is 17.5 Å². The summed E-state index contributed by atoms with van der Waals surface area (Å²) in [7, 11) is 0. The topological polar surface area (TPSA) is 37.3 Å². The lowest BCUT2D eigenvalue weighted by atomic mass is 9.90. The average molecular weight is 172 g/mol. The molecule has 72 valence electrons. The Bertz CT molecular complexity index is 121. The van der Waals surface area contributed by atoms with Crippen LogP contribution >= 0.6 is 0 Å². The number of aliphatic hydroxyl groups is 1. The molecule has 0 bridgehead atoms. The third-order valence-corrected chi connectivity index (χ3v) is 2.19. The van der Waals surface area contributed by atoms with Gasteiger partial charge in [-0.2, -0.15) is 0 Å². The van der Waals surface area contributed by atoms with Gasteiger partial charge in [-0.3, -0.25) is 0 Å². The van der Waals surface area contributed by atoms with E-state index in [1.807, 2.05) is 13.8 Å². The molecule has 0 spiro atoms. The summed E-state index contributed by atoms with van der Waals surface area (Å²) in [5, 5.41) is 9.58. The molecular weight excluding hydrogens is 152 g/mol. The Labute approximate surface area is 75.0 Å². The maximum Gasteiger partial charge on any atom is 0.125 e. The summed E-state index contributed by atoms with van der Waals surface area (Å²) < 4.78 is 0. The van der Waals surface area contributed by atoms with E-state index in [0.717, 1.165) is 25.5 Å². The molecule has 0 aromatic rings. The van der Waals surface area contributed by atoms with Gasteiger partial charge in [-0.1, -0.05) is 33.6 Å². The SMILES string of the molecule is CCCC[C@H](C=O)[C@H](O)C(C)C. The predicted molar refractivity (Wildman–Crippen MR) is 49.9 cm³/mol. The van der Waals surface area contributed by atoms with E-state index < -0.39 is 6.10 Å². The molecule has 2 nitrogen and oxygen atoms in total. The molecule has 1 N–H and O–H groups in total. The van der Waals surface area contributed by atoms with E-state index >= 15 is 0 Å². The third kappa shape index (κ3) is 3.86. The monoisotopic (exact) mass is 172 g/mol. The van der Waals surface area contributed by atoms with Crippen molar-refractivity contribution in [1.82, 2.24) is 0 Å². The fourth-order valence-corrected chi connectivity index (χ4v) is 1.25. The molecule has 0 radical (unpaired) electrons. The Kier molecular flexibility index (Phi) is 5.99. The maximum absolute atomic E-state index is 10.6. The highest BCUT2D eigenvalue weighted by Crippen LogP contribution is 2.16. The molecule has 0 saturated carbocycles. The summed E-state index contributed by atoms with van der Waals surface area (Å²) in [6.45, 7) is 5.96. The molecule has 0 saturated heterocycles. The Morgan fingerprint density at radius 2 is 2.00 bits per heavy atom. The molecule has 0 aromatic carbocycles. The Morgan fingerprint density at radius 1 is 1.42 bits per heavy atom. The van der Waals surface area contributed by atoms with Crippen molar-refractivity contribution in [1.29, 1.82) is 0 Å². The van der Waals surface area contributed by atoms with Crippen molar-refractivity contribution in [3.05, 3.63) is 0 Å². The van der Waals surface area contributed by atoms with Gasteiger partial charge in [0, 0.05) is 5.92 Å². The van der Waals surface area contributed by atoms with Gasteiger partial charge in [0.05, 0.1) is 6.10 Å². The van der Waals surface area contributed by atoms with E-state index in [1.54, 1.807) is 0 Å². The Hall–Kier alpha value is -0.370. The molecule has 0 aliphatic heterocycles. The second-order valence-electron chi connectivity index (χ2n) is 3.68. The van der Waals surface area contributed by atoms with Crippen molar-refractivity contribution in [2.24, 2.45) is 11.8 Å². The predicted octanol–water partition coefficient (Wildman–Crippen LogP) is 2.01. The van der Waals surface area contributed by atoms with Crippen molar-refractivity contribution in [2.45, 2.75) is 46.1 Å². The van der Waals surface area contributed by atoms with E-state index in [0.29, 0.717) is 0 Å². The summed E-state index contributed by atoms with van der Waals surface area (Å²) >= 11 is 0. The second-order valence-corrected chi connectivity index (χ2v) is 3.68. The van der Waals surface area contributed by atoms with Crippen LogP contribution < -0.4 is 0 Å². The average Bonchev–Trinajstić information content (AvgIpc) is 2.05. The van der Waals surface area contributed by atoms with Crippen LogP contribution in [0.4, 0.5) is 0 Å². The van der Waals surface area contributed by atoms with Gasteiger partial charge in [0.1, 0.15) is 6.29 Å². The van der Waals surface area contributed by atoms with Crippen LogP contribution in [-0.2, 0) is 4.79 Å². The van der Waals surface area contributed by atoms with Gasteiger partial charge in [-0.15, -0.1) is 0 Å². The zero-order valence-corrected chi connectivity index (χ0v) is 8.29. The zero-order valence-electron chi connectivity index (χ0n) is 8.29. The van der Waals surface area contributed by atoms with Gasteiger partial charge < -0.3 is 9.90 Å². The lowest BCUT2D eigenvalue weighted by Crippen LogP contribution is -2.26. The minimum absolute atomic E-state index is 0.162. The smallest absolute Gasteiger partial charge is 0.125 e. The third-order valence-electron chi connectivity index (χ3n) is 2.19. The number of carbonyl (C=O) groups excluding carboxylic acids is 1. The molecule has 2 atom stereocenters. The number of aliphatic hydroxyl groups excluding tert-OH is 1. The summed E-state index contributed by atoms with van der Waals surface area (Å²) in [6, 6.07) is 0. The van der Waals surface area contributed by atoms with Crippen LogP contribution in [0.3, 0.4) is 0 Å². The van der Waals surface area contributed by atoms with Crippen LogP contribution in [0.15, 0.2) is 0 Å². The molecule has 0 amide bonds. The highest BCUT2D eigenvalue weighted by atomic mass is 16.3. The van der Waals surface area contributed by atoms with Crippen LogP contribution in [0.2, 0.25) is 0 Å².